The van der Waals surface area contributed by atoms with Gasteiger partial charge in [0.1, 0.15) is 17.5 Å². The molecule has 1 amide bonds. The largest absolute Gasteiger partial charge is 0.490 e. The first kappa shape index (κ1) is 31.1. The van der Waals surface area contributed by atoms with Crippen molar-refractivity contribution in [3.8, 4) is 11.8 Å². The second-order valence-electron chi connectivity index (χ2n) is 12.1. The summed E-state index contributed by atoms with van der Waals surface area (Å²) in [6.45, 7) is 8.26. The van der Waals surface area contributed by atoms with Crippen molar-refractivity contribution in [2.24, 2.45) is 0 Å². The summed E-state index contributed by atoms with van der Waals surface area (Å²) in [5.41, 5.74) is 1.95. The van der Waals surface area contributed by atoms with Crippen molar-refractivity contribution in [2.45, 2.75) is 64.7 Å². The van der Waals surface area contributed by atoms with Gasteiger partial charge in [-0.3, -0.25) is 9.10 Å². The van der Waals surface area contributed by atoms with E-state index in [1.54, 1.807) is 36.1 Å². The first-order chi connectivity index (χ1) is 20.9. The number of piperidine rings is 1. The third-order valence-corrected chi connectivity index (χ3v) is 9.32. The quantitative estimate of drug-likeness (QED) is 0.318. The summed E-state index contributed by atoms with van der Waals surface area (Å²) in [5.74, 6) is -0.980. The standard InChI is InChI=1S/C33H37N3O7S/c1-5-41-31(37)21-44(39,40)36-29-11-10-28(42-27-12-14-35(15-13-27)32(38)43-33(2,3)4)18-26(29)19-30(36)24-9-8-23-7-6-22(20-34)16-25(23)17-24/h6-11,16-18,27,30H,5,12-15,19,21H2,1-4H3. The molecular formula is C33H37N3O7S. The number of esters is 1. The molecular weight excluding hydrogens is 582 g/mol. The third kappa shape index (κ3) is 6.91. The SMILES string of the molecule is CCOC(=O)CS(=O)(=O)N1c2ccc(OC3CCN(C(=O)OC(C)(C)C)CC3)cc2CC1c1ccc2ccc(C#N)cc2c1. The highest BCUT2D eigenvalue weighted by atomic mass is 32.2. The molecule has 3 aromatic rings. The lowest BCUT2D eigenvalue weighted by Gasteiger charge is -2.33. The van der Waals surface area contributed by atoms with Crippen LogP contribution < -0.4 is 9.04 Å². The van der Waals surface area contributed by atoms with Gasteiger partial charge in [-0.2, -0.15) is 5.26 Å². The molecule has 0 bridgehead atoms. The average Bonchev–Trinajstić information content (AvgIpc) is 3.36. The number of ether oxygens (including phenoxy) is 3. The van der Waals surface area contributed by atoms with Crippen LogP contribution in [0.25, 0.3) is 10.8 Å². The third-order valence-electron chi connectivity index (χ3n) is 7.66. The van der Waals surface area contributed by atoms with Gasteiger partial charge in [-0.1, -0.05) is 18.2 Å². The van der Waals surface area contributed by atoms with E-state index in [-0.39, 0.29) is 18.8 Å². The molecule has 10 nitrogen and oxygen atoms in total. The van der Waals surface area contributed by atoms with Crippen molar-refractivity contribution in [1.29, 1.82) is 5.26 Å². The predicted molar refractivity (Wildman–Crippen MR) is 166 cm³/mol. The molecule has 1 fully saturated rings. The number of fused-ring (bicyclic) bond motifs is 2. The minimum atomic E-state index is -4.11. The van der Waals surface area contributed by atoms with Crippen LogP contribution in [0.4, 0.5) is 10.5 Å². The van der Waals surface area contributed by atoms with Gasteiger partial charge >= 0.3 is 12.1 Å². The lowest BCUT2D eigenvalue weighted by molar-refractivity contribution is -0.139. The Morgan fingerprint density at radius 2 is 1.73 bits per heavy atom. The second kappa shape index (κ2) is 12.4. The molecule has 0 radical (unpaired) electrons. The van der Waals surface area contributed by atoms with Crippen LogP contribution in [-0.2, 0) is 30.7 Å². The van der Waals surface area contributed by atoms with Crippen LogP contribution in [-0.4, -0.2) is 62.5 Å². The summed E-state index contributed by atoms with van der Waals surface area (Å²) >= 11 is 0. The second-order valence-corrected chi connectivity index (χ2v) is 13.9. The summed E-state index contributed by atoms with van der Waals surface area (Å²) in [6, 6.07) is 17.9. The Bertz CT molecular complexity index is 1720. The highest BCUT2D eigenvalue weighted by Crippen LogP contribution is 2.44. The Morgan fingerprint density at radius 1 is 1.00 bits per heavy atom. The summed E-state index contributed by atoms with van der Waals surface area (Å²) in [7, 11) is -4.11. The molecule has 3 aromatic carbocycles. The number of carbonyl (C=O) groups excluding carboxylic acids is 2. The molecule has 1 atom stereocenters. The molecule has 5 rings (SSSR count). The van der Waals surface area contributed by atoms with Gasteiger partial charge in [0.05, 0.1) is 30.0 Å². The number of carbonyl (C=O) groups is 2. The highest BCUT2D eigenvalue weighted by Gasteiger charge is 2.40. The summed E-state index contributed by atoms with van der Waals surface area (Å²) in [5, 5.41) is 11.1. The van der Waals surface area contributed by atoms with Crippen LogP contribution in [0.15, 0.2) is 54.6 Å². The van der Waals surface area contributed by atoms with Gasteiger partial charge in [-0.05, 0) is 86.0 Å². The Labute approximate surface area is 258 Å². The zero-order chi connectivity index (χ0) is 31.6. The fraction of sp³-hybridized carbons (Fsp3) is 0.424. The molecule has 2 aliphatic heterocycles. The molecule has 0 aromatic heterocycles. The van der Waals surface area contributed by atoms with Gasteiger partial charge in [0.25, 0.3) is 0 Å². The molecule has 0 N–H and O–H groups in total. The van der Waals surface area contributed by atoms with Crippen molar-refractivity contribution in [3.63, 3.8) is 0 Å². The number of anilines is 1. The van der Waals surface area contributed by atoms with E-state index in [0.29, 0.717) is 49.4 Å². The molecule has 0 aliphatic carbocycles. The summed E-state index contributed by atoms with van der Waals surface area (Å²) in [4.78, 5) is 26.4. The van der Waals surface area contributed by atoms with Crippen LogP contribution in [0, 0.1) is 11.3 Å². The number of nitrogens with zero attached hydrogens (tertiary/aromatic N) is 3. The van der Waals surface area contributed by atoms with Crippen LogP contribution in [0.3, 0.4) is 0 Å². The Kier molecular flexibility index (Phi) is 8.75. The Morgan fingerprint density at radius 3 is 2.41 bits per heavy atom. The molecule has 0 spiro atoms. The molecule has 232 valence electrons. The normalized spacial score (nSPS) is 17.2. The van der Waals surface area contributed by atoms with E-state index >= 15 is 0 Å². The zero-order valence-corrected chi connectivity index (χ0v) is 26.2. The van der Waals surface area contributed by atoms with Crippen molar-refractivity contribution >= 4 is 38.5 Å². The first-order valence-corrected chi connectivity index (χ1v) is 16.4. The Balaban J connectivity index is 1.39. The number of likely N-dealkylation sites (tertiary alicyclic amines) is 1. The van der Waals surface area contributed by atoms with Gasteiger partial charge in [-0.15, -0.1) is 0 Å². The van der Waals surface area contributed by atoms with E-state index in [1.807, 2.05) is 51.1 Å². The van der Waals surface area contributed by atoms with Crippen LogP contribution in [0.2, 0.25) is 0 Å². The van der Waals surface area contributed by atoms with E-state index < -0.39 is 33.4 Å². The first-order valence-electron chi connectivity index (χ1n) is 14.8. The number of sulfonamides is 1. The van der Waals surface area contributed by atoms with Crippen LogP contribution >= 0.6 is 0 Å². The number of nitriles is 1. The topological polar surface area (TPSA) is 126 Å². The maximum Gasteiger partial charge on any atom is 0.410 e. The molecule has 44 heavy (non-hydrogen) atoms. The number of benzene rings is 3. The molecule has 11 heteroatoms. The maximum atomic E-state index is 13.7. The van der Waals surface area contributed by atoms with Crippen molar-refractivity contribution < 1.29 is 32.2 Å². The molecule has 0 saturated carbocycles. The molecule has 2 heterocycles. The van der Waals surface area contributed by atoms with E-state index in [4.69, 9.17) is 14.2 Å². The number of rotatable bonds is 7. The minimum Gasteiger partial charge on any atom is -0.490 e. The minimum absolute atomic E-state index is 0.0810. The van der Waals surface area contributed by atoms with Gasteiger partial charge in [0.15, 0.2) is 5.75 Å². The summed E-state index contributed by atoms with van der Waals surface area (Å²) < 4.78 is 45.5. The number of hydrogen-bond donors (Lipinski definition) is 0. The lowest BCUT2D eigenvalue weighted by atomic mass is 9.98. The molecule has 2 aliphatic rings. The molecule has 1 unspecified atom stereocenters. The number of hydrogen-bond acceptors (Lipinski definition) is 8. The predicted octanol–water partition coefficient (Wildman–Crippen LogP) is 5.49. The Hall–Kier alpha value is -4.30. The van der Waals surface area contributed by atoms with Crippen molar-refractivity contribution in [1.82, 2.24) is 4.90 Å². The van der Waals surface area contributed by atoms with E-state index in [0.717, 1.165) is 21.9 Å². The van der Waals surface area contributed by atoms with Gasteiger partial charge < -0.3 is 19.1 Å². The van der Waals surface area contributed by atoms with Gasteiger partial charge in [-0.25, -0.2) is 13.2 Å². The van der Waals surface area contributed by atoms with Crippen molar-refractivity contribution in [2.75, 3.05) is 29.8 Å². The van der Waals surface area contributed by atoms with Crippen molar-refractivity contribution in [3.05, 3.63) is 71.3 Å². The monoisotopic (exact) mass is 619 g/mol. The average molecular weight is 620 g/mol. The highest BCUT2D eigenvalue weighted by molar-refractivity contribution is 7.93. The van der Waals surface area contributed by atoms with E-state index in [2.05, 4.69) is 6.07 Å². The fourth-order valence-corrected chi connectivity index (χ4v) is 7.29. The van der Waals surface area contributed by atoms with E-state index in [9.17, 15) is 23.3 Å². The lowest BCUT2D eigenvalue weighted by Crippen LogP contribution is -2.44. The number of amides is 1. The van der Waals surface area contributed by atoms with Gasteiger partial charge in [0, 0.05) is 32.4 Å². The zero-order valence-electron chi connectivity index (χ0n) is 25.4. The van der Waals surface area contributed by atoms with Crippen LogP contribution in [0.5, 0.6) is 5.75 Å². The molecule has 1 saturated heterocycles. The fourth-order valence-electron chi connectivity index (χ4n) is 5.71. The van der Waals surface area contributed by atoms with Gasteiger partial charge in [0.2, 0.25) is 10.0 Å². The van der Waals surface area contributed by atoms with E-state index in [1.165, 1.54) is 4.31 Å². The van der Waals surface area contributed by atoms with Crippen LogP contribution in [0.1, 0.15) is 63.3 Å². The smallest absolute Gasteiger partial charge is 0.410 e. The summed E-state index contributed by atoms with van der Waals surface area (Å²) in [6.07, 6.45) is 1.21. The maximum absolute atomic E-state index is 13.7.